The highest BCUT2D eigenvalue weighted by Gasteiger charge is 2.17. The van der Waals surface area contributed by atoms with E-state index in [1.54, 1.807) is 55.6 Å². The van der Waals surface area contributed by atoms with Crippen molar-refractivity contribution >= 4 is 33.2 Å². The summed E-state index contributed by atoms with van der Waals surface area (Å²) in [6.45, 7) is 7.63. The molecule has 0 unspecified atom stereocenters. The predicted molar refractivity (Wildman–Crippen MR) is 119 cm³/mol. The molecule has 0 saturated carbocycles. The summed E-state index contributed by atoms with van der Waals surface area (Å²) < 4.78 is 27.3. The second-order valence-corrected chi connectivity index (χ2v) is 9.86. The van der Waals surface area contributed by atoms with Crippen molar-refractivity contribution in [1.29, 1.82) is 0 Å². The van der Waals surface area contributed by atoms with Gasteiger partial charge in [0, 0.05) is 38.3 Å². The Labute approximate surface area is 178 Å². The van der Waals surface area contributed by atoms with Crippen LogP contribution in [0.15, 0.2) is 53.4 Å². The van der Waals surface area contributed by atoms with Gasteiger partial charge in [-0.15, -0.1) is 0 Å². The van der Waals surface area contributed by atoms with E-state index in [-0.39, 0.29) is 35.1 Å². The monoisotopic (exact) mass is 431 g/mol. The van der Waals surface area contributed by atoms with Crippen LogP contribution in [-0.4, -0.2) is 33.8 Å². The van der Waals surface area contributed by atoms with Crippen LogP contribution in [-0.2, 0) is 25.0 Å². The molecule has 0 spiro atoms. The highest BCUT2D eigenvalue weighted by atomic mass is 32.2. The fourth-order valence-electron chi connectivity index (χ4n) is 2.69. The van der Waals surface area contributed by atoms with Crippen molar-refractivity contribution in [3.63, 3.8) is 0 Å². The van der Waals surface area contributed by atoms with E-state index in [9.17, 15) is 18.0 Å². The molecule has 0 radical (unpaired) electrons. The molecule has 2 amide bonds. The van der Waals surface area contributed by atoms with E-state index < -0.39 is 10.0 Å². The molecule has 0 aliphatic heterocycles. The van der Waals surface area contributed by atoms with E-state index in [1.807, 2.05) is 0 Å². The Hall–Kier alpha value is -2.71. The van der Waals surface area contributed by atoms with Gasteiger partial charge in [0.1, 0.15) is 0 Å². The fourth-order valence-corrected chi connectivity index (χ4v) is 3.72. The molecule has 30 heavy (non-hydrogen) atoms. The number of nitrogens with zero attached hydrogens (tertiary/aromatic N) is 1. The average Bonchev–Trinajstić information content (AvgIpc) is 2.67. The topological polar surface area (TPSA) is 95.6 Å². The molecule has 2 rings (SSSR count). The van der Waals surface area contributed by atoms with E-state index in [0.717, 1.165) is 5.56 Å². The molecule has 0 fully saturated rings. The van der Waals surface area contributed by atoms with Crippen LogP contribution in [0.25, 0.3) is 0 Å². The smallest absolute Gasteiger partial charge is 0.240 e. The van der Waals surface area contributed by atoms with Crippen LogP contribution in [0.3, 0.4) is 0 Å². The van der Waals surface area contributed by atoms with Crippen molar-refractivity contribution in [3.05, 3.63) is 54.1 Å². The van der Waals surface area contributed by atoms with Gasteiger partial charge in [-0.3, -0.25) is 9.59 Å². The number of nitrogens with one attached hydrogen (secondary N) is 2. The summed E-state index contributed by atoms with van der Waals surface area (Å²) in [4.78, 5) is 25.1. The Morgan fingerprint density at radius 1 is 0.967 bits per heavy atom. The minimum absolute atomic E-state index is 0.00555. The van der Waals surface area contributed by atoms with Crippen molar-refractivity contribution in [3.8, 4) is 0 Å². The lowest BCUT2D eigenvalue weighted by Crippen LogP contribution is -2.28. The molecular formula is C22H29N3O4S. The summed E-state index contributed by atoms with van der Waals surface area (Å²) in [5, 5.41) is 2.71. The molecule has 0 atom stereocenters. The highest BCUT2D eigenvalue weighted by molar-refractivity contribution is 7.89. The number of hydrogen-bond donors (Lipinski definition) is 2. The molecule has 0 heterocycles. The molecule has 2 N–H and O–H groups in total. The van der Waals surface area contributed by atoms with E-state index in [1.165, 1.54) is 11.8 Å². The maximum absolute atomic E-state index is 12.4. The largest absolute Gasteiger partial charge is 0.326 e. The normalized spacial score (nSPS) is 11.8. The van der Waals surface area contributed by atoms with Gasteiger partial charge >= 0.3 is 0 Å². The van der Waals surface area contributed by atoms with Crippen LogP contribution in [0.5, 0.6) is 0 Å². The van der Waals surface area contributed by atoms with E-state index in [0.29, 0.717) is 11.4 Å². The van der Waals surface area contributed by atoms with Crippen molar-refractivity contribution in [1.82, 2.24) is 4.72 Å². The lowest BCUT2D eigenvalue weighted by Gasteiger charge is -2.19. The van der Waals surface area contributed by atoms with Gasteiger partial charge in [0.15, 0.2) is 0 Å². The van der Waals surface area contributed by atoms with Gasteiger partial charge in [-0.05, 0) is 47.4 Å². The minimum Gasteiger partial charge on any atom is -0.326 e. The standard InChI is InChI=1S/C22H29N3O4S/c1-16(26)25(5)19-10-8-18(9-11-19)24-21(27)14-15-23-30(28,29)20-12-6-17(7-13-20)22(2,3)4/h6-13,23H,14-15H2,1-5H3,(H,24,27). The van der Waals surface area contributed by atoms with Crippen LogP contribution in [0, 0.1) is 0 Å². The summed E-state index contributed by atoms with van der Waals surface area (Å²) in [6.07, 6.45) is -0.00555. The van der Waals surface area contributed by atoms with Gasteiger partial charge in [-0.2, -0.15) is 0 Å². The zero-order valence-electron chi connectivity index (χ0n) is 18.0. The number of carbonyl (C=O) groups is 2. The Morgan fingerprint density at radius 3 is 2.03 bits per heavy atom. The molecule has 8 heteroatoms. The van der Waals surface area contributed by atoms with Crippen LogP contribution >= 0.6 is 0 Å². The first-order chi connectivity index (χ1) is 13.9. The summed E-state index contributed by atoms with van der Waals surface area (Å²) >= 11 is 0. The number of carbonyl (C=O) groups excluding carboxylic acids is 2. The molecule has 0 bridgehead atoms. The van der Waals surface area contributed by atoms with Gasteiger partial charge in [0.05, 0.1) is 4.90 Å². The maximum Gasteiger partial charge on any atom is 0.240 e. The third kappa shape index (κ3) is 6.40. The first-order valence-electron chi connectivity index (χ1n) is 9.64. The molecule has 7 nitrogen and oxygen atoms in total. The zero-order chi connectivity index (χ0) is 22.5. The highest BCUT2D eigenvalue weighted by Crippen LogP contribution is 2.23. The number of rotatable bonds is 7. The van der Waals surface area contributed by atoms with Crippen LogP contribution in [0.2, 0.25) is 0 Å². The second kappa shape index (κ2) is 9.40. The summed E-state index contributed by atoms with van der Waals surface area (Å²) in [7, 11) is -2.02. The second-order valence-electron chi connectivity index (χ2n) is 8.10. The fraction of sp³-hybridized carbons (Fsp3) is 0.364. The Morgan fingerprint density at radius 2 is 1.53 bits per heavy atom. The summed E-state index contributed by atoms with van der Waals surface area (Å²) in [6, 6.07) is 13.6. The first-order valence-corrected chi connectivity index (χ1v) is 11.1. The quantitative estimate of drug-likeness (QED) is 0.703. The first kappa shape index (κ1) is 23.6. The van der Waals surface area contributed by atoms with Crippen LogP contribution < -0.4 is 14.9 Å². The molecular weight excluding hydrogens is 402 g/mol. The molecule has 0 aliphatic carbocycles. The van der Waals surface area contributed by atoms with Gasteiger partial charge in [0.25, 0.3) is 0 Å². The lowest BCUT2D eigenvalue weighted by molar-refractivity contribution is -0.117. The molecule has 162 valence electrons. The van der Waals surface area contributed by atoms with Crippen LogP contribution in [0.4, 0.5) is 11.4 Å². The Kier molecular flexibility index (Phi) is 7.39. The van der Waals surface area contributed by atoms with E-state index in [4.69, 9.17) is 0 Å². The zero-order valence-corrected chi connectivity index (χ0v) is 18.8. The number of sulfonamides is 1. The minimum atomic E-state index is -3.68. The molecule has 0 aromatic heterocycles. The van der Waals surface area contributed by atoms with Crippen molar-refractivity contribution < 1.29 is 18.0 Å². The number of benzene rings is 2. The van der Waals surface area contributed by atoms with E-state index in [2.05, 4.69) is 30.8 Å². The predicted octanol–water partition coefficient (Wildman–Crippen LogP) is 3.27. The van der Waals surface area contributed by atoms with E-state index >= 15 is 0 Å². The summed E-state index contributed by atoms with van der Waals surface area (Å²) in [5.41, 5.74) is 2.27. The van der Waals surface area contributed by atoms with Crippen LogP contribution in [0.1, 0.15) is 39.7 Å². The van der Waals surface area contributed by atoms with Crippen molar-refractivity contribution in [2.75, 3.05) is 23.8 Å². The van der Waals surface area contributed by atoms with Gasteiger partial charge in [-0.25, -0.2) is 13.1 Å². The third-order valence-electron chi connectivity index (χ3n) is 4.69. The Bertz CT molecular complexity index is 992. The maximum atomic E-state index is 12.4. The molecule has 0 saturated heterocycles. The molecule has 2 aromatic carbocycles. The Balaban J connectivity index is 1.88. The molecule has 2 aromatic rings. The average molecular weight is 432 g/mol. The third-order valence-corrected chi connectivity index (χ3v) is 6.16. The lowest BCUT2D eigenvalue weighted by atomic mass is 9.87. The number of amides is 2. The van der Waals surface area contributed by atoms with Gasteiger partial charge < -0.3 is 10.2 Å². The molecule has 0 aliphatic rings. The number of anilines is 2. The van der Waals surface area contributed by atoms with Crippen molar-refractivity contribution in [2.45, 2.75) is 44.4 Å². The summed E-state index contributed by atoms with van der Waals surface area (Å²) in [5.74, 6) is -0.402. The SMILES string of the molecule is CC(=O)N(C)c1ccc(NC(=O)CCNS(=O)(=O)c2ccc(C(C)(C)C)cc2)cc1. The van der Waals surface area contributed by atoms with Crippen molar-refractivity contribution in [2.24, 2.45) is 0 Å². The van der Waals surface area contributed by atoms with Gasteiger partial charge in [-0.1, -0.05) is 32.9 Å². The number of hydrogen-bond acceptors (Lipinski definition) is 4. The van der Waals surface area contributed by atoms with Gasteiger partial charge in [0.2, 0.25) is 21.8 Å².